The third-order valence-corrected chi connectivity index (χ3v) is 4.44. The molecular formula is C21H18N4O. The van der Waals surface area contributed by atoms with E-state index in [1.807, 2.05) is 60.7 Å². The minimum absolute atomic E-state index is 0.0656. The molecule has 3 aromatic carbocycles. The van der Waals surface area contributed by atoms with Crippen molar-refractivity contribution in [1.82, 2.24) is 9.55 Å². The molecule has 1 heterocycles. The van der Waals surface area contributed by atoms with Crippen molar-refractivity contribution in [2.45, 2.75) is 6.54 Å². The van der Waals surface area contributed by atoms with Crippen LogP contribution in [0.2, 0.25) is 0 Å². The molecule has 0 aliphatic rings. The summed E-state index contributed by atoms with van der Waals surface area (Å²) in [7, 11) is 0. The number of hydrogen-bond donors (Lipinski definition) is 2. The quantitative estimate of drug-likeness (QED) is 0.559. The van der Waals surface area contributed by atoms with E-state index in [0.29, 0.717) is 28.8 Å². The Morgan fingerprint density at radius 3 is 2.35 bits per heavy atom. The van der Waals surface area contributed by atoms with Crippen LogP contribution in [0.1, 0.15) is 5.56 Å². The van der Waals surface area contributed by atoms with E-state index in [1.165, 1.54) is 0 Å². The van der Waals surface area contributed by atoms with Gasteiger partial charge in [0.2, 0.25) is 0 Å². The lowest BCUT2D eigenvalue weighted by Gasteiger charge is -2.09. The molecular weight excluding hydrogens is 324 g/mol. The highest BCUT2D eigenvalue weighted by molar-refractivity contribution is 5.85. The van der Waals surface area contributed by atoms with Crippen LogP contribution in [0, 0.1) is 0 Å². The van der Waals surface area contributed by atoms with Gasteiger partial charge in [0.15, 0.2) is 0 Å². The number of nitrogens with two attached hydrogens (primary N) is 2. The van der Waals surface area contributed by atoms with Crippen molar-refractivity contribution < 1.29 is 0 Å². The van der Waals surface area contributed by atoms with E-state index in [2.05, 4.69) is 4.98 Å². The van der Waals surface area contributed by atoms with E-state index < -0.39 is 0 Å². The average molecular weight is 342 g/mol. The fourth-order valence-electron chi connectivity index (χ4n) is 2.99. The van der Waals surface area contributed by atoms with Crippen molar-refractivity contribution in [1.29, 1.82) is 0 Å². The van der Waals surface area contributed by atoms with Crippen molar-refractivity contribution in [2.75, 3.05) is 11.5 Å². The van der Waals surface area contributed by atoms with Gasteiger partial charge in [-0.1, -0.05) is 42.5 Å². The summed E-state index contributed by atoms with van der Waals surface area (Å²) in [6.45, 7) is 0.488. The molecule has 4 N–H and O–H groups in total. The molecule has 0 spiro atoms. The number of fused-ring (bicyclic) bond motifs is 1. The molecule has 0 bridgehead atoms. The molecule has 0 radical (unpaired) electrons. The number of benzene rings is 3. The van der Waals surface area contributed by atoms with Gasteiger partial charge in [-0.05, 0) is 41.0 Å². The van der Waals surface area contributed by atoms with Gasteiger partial charge in [-0.25, -0.2) is 4.98 Å². The number of anilines is 2. The van der Waals surface area contributed by atoms with Crippen LogP contribution in [0.3, 0.4) is 0 Å². The fraction of sp³-hybridized carbons (Fsp3) is 0.0476. The zero-order valence-corrected chi connectivity index (χ0v) is 14.1. The average Bonchev–Trinajstić information content (AvgIpc) is 2.67. The van der Waals surface area contributed by atoms with Crippen molar-refractivity contribution in [3.63, 3.8) is 0 Å². The lowest BCUT2D eigenvalue weighted by atomic mass is 10.0. The first-order chi connectivity index (χ1) is 12.6. The minimum Gasteiger partial charge on any atom is -0.397 e. The molecule has 0 fully saturated rings. The van der Waals surface area contributed by atoms with E-state index in [0.717, 1.165) is 16.7 Å². The minimum atomic E-state index is -0.0656. The van der Waals surface area contributed by atoms with Crippen LogP contribution >= 0.6 is 0 Å². The van der Waals surface area contributed by atoms with E-state index >= 15 is 0 Å². The first-order valence-electron chi connectivity index (χ1n) is 8.30. The monoisotopic (exact) mass is 342 g/mol. The lowest BCUT2D eigenvalue weighted by Crippen LogP contribution is -2.21. The highest BCUT2D eigenvalue weighted by Crippen LogP contribution is 2.26. The van der Waals surface area contributed by atoms with Gasteiger partial charge in [-0.15, -0.1) is 0 Å². The largest absolute Gasteiger partial charge is 0.397 e. The van der Waals surface area contributed by atoms with Crippen molar-refractivity contribution in [3.05, 3.63) is 89.0 Å². The third kappa shape index (κ3) is 2.91. The maximum absolute atomic E-state index is 12.9. The van der Waals surface area contributed by atoms with Gasteiger partial charge in [-0.2, -0.15) is 0 Å². The van der Waals surface area contributed by atoms with E-state index in [1.54, 1.807) is 17.0 Å². The number of hydrogen-bond acceptors (Lipinski definition) is 4. The molecule has 0 amide bonds. The molecule has 0 aliphatic carbocycles. The summed E-state index contributed by atoms with van der Waals surface area (Å²) < 4.78 is 1.62. The van der Waals surface area contributed by atoms with Crippen molar-refractivity contribution in [3.8, 4) is 11.1 Å². The molecule has 5 nitrogen and oxygen atoms in total. The molecule has 0 unspecified atom stereocenters. The molecule has 128 valence electrons. The molecule has 0 saturated carbocycles. The summed E-state index contributed by atoms with van der Waals surface area (Å²) >= 11 is 0. The summed E-state index contributed by atoms with van der Waals surface area (Å²) in [4.78, 5) is 17.3. The maximum atomic E-state index is 12.9. The lowest BCUT2D eigenvalue weighted by molar-refractivity contribution is 0.748. The Bertz CT molecular complexity index is 1150. The van der Waals surface area contributed by atoms with Crippen LogP contribution in [0.4, 0.5) is 11.4 Å². The Kier molecular flexibility index (Phi) is 3.89. The summed E-state index contributed by atoms with van der Waals surface area (Å²) in [6.07, 6.45) is 1.60. The normalized spacial score (nSPS) is 10.9. The SMILES string of the molecule is Nc1ccc(-c2ccc3ncn(Cc4ccccc4)c(=O)c3c2)cc1N. The van der Waals surface area contributed by atoms with E-state index in [-0.39, 0.29) is 5.56 Å². The molecule has 0 atom stereocenters. The summed E-state index contributed by atoms with van der Waals surface area (Å²) in [5.41, 5.74) is 16.2. The van der Waals surface area contributed by atoms with Gasteiger partial charge in [-0.3, -0.25) is 9.36 Å². The Hall–Kier alpha value is -3.60. The zero-order valence-electron chi connectivity index (χ0n) is 14.1. The van der Waals surface area contributed by atoms with Crippen LogP contribution in [0.5, 0.6) is 0 Å². The smallest absolute Gasteiger partial charge is 0.261 e. The third-order valence-electron chi connectivity index (χ3n) is 4.44. The van der Waals surface area contributed by atoms with Gasteiger partial charge in [0, 0.05) is 0 Å². The first kappa shape index (κ1) is 15.9. The zero-order chi connectivity index (χ0) is 18.1. The second kappa shape index (κ2) is 6.37. The molecule has 1 aromatic heterocycles. The molecule has 0 saturated heterocycles. The second-order valence-corrected chi connectivity index (χ2v) is 6.24. The van der Waals surface area contributed by atoms with Gasteiger partial charge >= 0.3 is 0 Å². The Morgan fingerprint density at radius 1 is 0.846 bits per heavy atom. The number of rotatable bonds is 3. The maximum Gasteiger partial charge on any atom is 0.261 e. The Labute approximate surface area is 150 Å². The van der Waals surface area contributed by atoms with E-state index in [9.17, 15) is 4.79 Å². The molecule has 0 aliphatic heterocycles. The van der Waals surface area contributed by atoms with Crippen LogP contribution < -0.4 is 17.0 Å². The highest BCUT2D eigenvalue weighted by Gasteiger charge is 2.08. The predicted molar refractivity (Wildman–Crippen MR) is 106 cm³/mol. The van der Waals surface area contributed by atoms with Gasteiger partial charge in [0.05, 0.1) is 35.1 Å². The molecule has 26 heavy (non-hydrogen) atoms. The highest BCUT2D eigenvalue weighted by atomic mass is 16.1. The topological polar surface area (TPSA) is 86.9 Å². The number of aromatic nitrogens is 2. The Morgan fingerprint density at radius 2 is 1.58 bits per heavy atom. The van der Waals surface area contributed by atoms with Crippen LogP contribution in [-0.4, -0.2) is 9.55 Å². The standard InChI is InChI=1S/C21H18N4O/c22-18-8-6-16(11-19(18)23)15-7-9-20-17(10-15)21(26)25(13-24-20)12-14-4-2-1-3-5-14/h1-11,13H,12,22-23H2. The van der Waals surface area contributed by atoms with Crippen molar-refractivity contribution >= 4 is 22.3 Å². The van der Waals surface area contributed by atoms with Gasteiger partial charge in [0.25, 0.3) is 5.56 Å². The predicted octanol–water partition coefficient (Wildman–Crippen LogP) is 3.28. The molecule has 4 rings (SSSR count). The second-order valence-electron chi connectivity index (χ2n) is 6.24. The molecule has 5 heteroatoms. The van der Waals surface area contributed by atoms with Crippen LogP contribution in [0.15, 0.2) is 77.9 Å². The summed E-state index contributed by atoms with van der Waals surface area (Å²) in [5, 5.41) is 0.580. The van der Waals surface area contributed by atoms with Crippen LogP contribution in [0.25, 0.3) is 22.0 Å². The van der Waals surface area contributed by atoms with Crippen molar-refractivity contribution in [2.24, 2.45) is 0 Å². The fourth-order valence-corrected chi connectivity index (χ4v) is 2.99. The number of nitrogen functional groups attached to an aromatic ring is 2. The number of nitrogens with zero attached hydrogens (tertiary/aromatic N) is 2. The summed E-state index contributed by atoms with van der Waals surface area (Å²) in [5.74, 6) is 0. The summed E-state index contributed by atoms with van der Waals surface area (Å²) in [6, 6.07) is 21.0. The Balaban J connectivity index is 1.80. The van der Waals surface area contributed by atoms with E-state index in [4.69, 9.17) is 11.5 Å². The first-order valence-corrected chi connectivity index (χ1v) is 8.30. The van der Waals surface area contributed by atoms with Gasteiger partial charge in [0.1, 0.15) is 0 Å². The molecule has 4 aromatic rings. The van der Waals surface area contributed by atoms with Gasteiger partial charge < -0.3 is 11.5 Å². The van der Waals surface area contributed by atoms with Crippen LogP contribution in [-0.2, 0) is 6.54 Å².